The SMILES string of the molecule is CCCCCCCOC(=O)CCc1c(O)cccc1Cc1ccccc1. The molecule has 3 nitrogen and oxygen atoms in total. The fourth-order valence-corrected chi connectivity index (χ4v) is 3.08. The summed E-state index contributed by atoms with van der Waals surface area (Å²) >= 11 is 0. The lowest BCUT2D eigenvalue weighted by Crippen LogP contribution is -2.08. The minimum absolute atomic E-state index is 0.186. The zero-order valence-electron chi connectivity index (χ0n) is 15.7. The summed E-state index contributed by atoms with van der Waals surface area (Å²) in [4.78, 5) is 12.0. The monoisotopic (exact) mass is 354 g/mol. The molecule has 0 bridgehead atoms. The van der Waals surface area contributed by atoms with Crippen LogP contribution in [-0.2, 0) is 22.4 Å². The molecule has 0 amide bonds. The maximum atomic E-state index is 12.0. The zero-order valence-corrected chi connectivity index (χ0v) is 15.7. The number of benzene rings is 2. The summed E-state index contributed by atoms with van der Waals surface area (Å²) in [6.07, 6.45) is 7.25. The number of carbonyl (C=O) groups excluding carboxylic acids is 1. The molecule has 0 aliphatic carbocycles. The molecule has 140 valence electrons. The Morgan fingerprint density at radius 2 is 1.73 bits per heavy atom. The van der Waals surface area contributed by atoms with E-state index in [4.69, 9.17) is 4.74 Å². The lowest BCUT2D eigenvalue weighted by molar-refractivity contribution is -0.143. The third kappa shape index (κ3) is 6.91. The Labute approximate surface area is 157 Å². The molecule has 2 rings (SSSR count). The normalized spacial score (nSPS) is 10.7. The first-order valence-corrected chi connectivity index (χ1v) is 9.70. The molecule has 0 unspecified atom stereocenters. The fourth-order valence-electron chi connectivity index (χ4n) is 3.08. The number of unbranched alkanes of at least 4 members (excludes halogenated alkanes) is 4. The summed E-state index contributed by atoms with van der Waals surface area (Å²) < 4.78 is 5.32. The second-order valence-corrected chi connectivity index (χ2v) is 6.71. The van der Waals surface area contributed by atoms with Crippen LogP contribution in [0.5, 0.6) is 5.75 Å². The van der Waals surface area contributed by atoms with Crippen molar-refractivity contribution in [3.63, 3.8) is 0 Å². The summed E-state index contributed by atoms with van der Waals surface area (Å²) in [6.45, 7) is 2.69. The molecule has 0 aromatic heterocycles. The largest absolute Gasteiger partial charge is 0.508 e. The fraction of sp³-hybridized carbons (Fsp3) is 0.435. The molecular formula is C23H30O3. The average molecular weight is 354 g/mol. The zero-order chi connectivity index (χ0) is 18.6. The van der Waals surface area contributed by atoms with Gasteiger partial charge >= 0.3 is 5.97 Å². The first-order valence-electron chi connectivity index (χ1n) is 9.70. The van der Waals surface area contributed by atoms with Gasteiger partial charge in [-0.2, -0.15) is 0 Å². The number of hydrogen-bond donors (Lipinski definition) is 1. The van der Waals surface area contributed by atoms with E-state index in [-0.39, 0.29) is 11.7 Å². The number of hydrogen-bond acceptors (Lipinski definition) is 3. The standard InChI is InChI=1S/C23H30O3/c1-2-3-4-5-9-17-26-23(25)16-15-21-20(13-10-14-22(21)24)18-19-11-7-6-8-12-19/h6-8,10-14,24H,2-5,9,15-18H2,1H3. The van der Waals surface area contributed by atoms with Crippen LogP contribution in [0.4, 0.5) is 0 Å². The van der Waals surface area contributed by atoms with Crippen LogP contribution >= 0.6 is 0 Å². The lowest BCUT2D eigenvalue weighted by atomic mass is 9.96. The molecule has 0 fully saturated rings. The van der Waals surface area contributed by atoms with Gasteiger partial charge in [0.25, 0.3) is 0 Å². The highest BCUT2D eigenvalue weighted by Crippen LogP contribution is 2.25. The Hall–Kier alpha value is -2.29. The van der Waals surface area contributed by atoms with E-state index in [2.05, 4.69) is 19.1 Å². The minimum atomic E-state index is -0.186. The highest BCUT2D eigenvalue weighted by Gasteiger charge is 2.11. The van der Waals surface area contributed by atoms with Gasteiger partial charge < -0.3 is 9.84 Å². The van der Waals surface area contributed by atoms with E-state index in [1.54, 1.807) is 6.07 Å². The summed E-state index contributed by atoms with van der Waals surface area (Å²) in [5, 5.41) is 10.2. The minimum Gasteiger partial charge on any atom is -0.508 e. The predicted molar refractivity (Wildman–Crippen MR) is 105 cm³/mol. The van der Waals surface area contributed by atoms with Crippen LogP contribution in [0.1, 0.15) is 62.1 Å². The van der Waals surface area contributed by atoms with Crippen molar-refractivity contribution in [2.24, 2.45) is 0 Å². The van der Waals surface area contributed by atoms with Crippen molar-refractivity contribution in [1.29, 1.82) is 0 Å². The Bertz CT molecular complexity index is 664. The maximum Gasteiger partial charge on any atom is 0.306 e. The number of carbonyl (C=O) groups is 1. The summed E-state index contributed by atoms with van der Waals surface area (Å²) in [6, 6.07) is 15.7. The predicted octanol–water partition coefficient (Wildman–Crippen LogP) is 5.43. The van der Waals surface area contributed by atoms with Gasteiger partial charge in [0, 0.05) is 6.42 Å². The molecule has 0 saturated heterocycles. The van der Waals surface area contributed by atoms with Crippen LogP contribution in [0.3, 0.4) is 0 Å². The summed E-state index contributed by atoms with van der Waals surface area (Å²) in [5.41, 5.74) is 3.09. The van der Waals surface area contributed by atoms with Gasteiger partial charge in [-0.1, -0.05) is 75.1 Å². The van der Waals surface area contributed by atoms with Crippen molar-refractivity contribution in [2.45, 2.75) is 58.3 Å². The van der Waals surface area contributed by atoms with E-state index < -0.39 is 0 Å². The highest BCUT2D eigenvalue weighted by molar-refractivity contribution is 5.70. The molecular weight excluding hydrogens is 324 g/mol. The number of rotatable bonds is 11. The van der Waals surface area contributed by atoms with Crippen molar-refractivity contribution >= 4 is 5.97 Å². The smallest absolute Gasteiger partial charge is 0.306 e. The number of ether oxygens (including phenoxy) is 1. The van der Waals surface area contributed by atoms with Crippen molar-refractivity contribution < 1.29 is 14.6 Å². The molecule has 26 heavy (non-hydrogen) atoms. The Kier molecular flexibility index (Phi) is 8.74. The average Bonchev–Trinajstić information content (AvgIpc) is 2.65. The molecule has 0 atom stereocenters. The lowest BCUT2D eigenvalue weighted by Gasteiger charge is -2.12. The van der Waals surface area contributed by atoms with Crippen LogP contribution in [0, 0.1) is 0 Å². The first kappa shape index (κ1) is 20.0. The van der Waals surface area contributed by atoms with Crippen LogP contribution < -0.4 is 0 Å². The summed E-state index contributed by atoms with van der Waals surface area (Å²) in [7, 11) is 0. The van der Waals surface area contributed by atoms with E-state index in [9.17, 15) is 9.90 Å². The van der Waals surface area contributed by atoms with Gasteiger partial charge in [0.2, 0.25) is 0 Å². The third-order valence-corrected chi connectivity index (χ3v) is 4.58. The van der Waals surface area contributed by atoms with Gasteiger partial charge in [0.15, 0.2) is 0 Å². The Morgan fingerprint density at radius 3 is 2.50 bits per heavy atom. The van der Waals surface area contributed by atoms with Gasteiger partial charge in [-0.05, 0) is 42.0 Å². The molecule has 0 saturated carbocycles. The van der Waals surface area contributed by atoms with E-state index >= 15 is 0 Å². The van der Waals surface area contributed by atoms with Crippen molar-refractivity contribution in [1.82, 2.24) is 0 Å². The topological polar surface area (TPSA) is 46.5 Å². The second kappa shape index (κ2) is 11.3. The van der Waals surface area contributed by atoms with E-state index in [0.717, 1.165) is 30.4 Å². The molecule has 0 aliphatic heterocycles. The number of phenolic OH excluding ortho intramolecular Hbond substituents is 1. The molecule has 3 heteroatoms. The van der Waals surface area contributed by atoms with Gasteiger partial charge in [0.05, 0.1) is 6.61 Å². The van der Waals surface area contributed by atoms with Crippen LogP contribution in [0.25, 0.3) is 0 Å². The first-order chi connectivity index (χ1) is 12.7. The summed E-state index contributed by atoms with van der Waals surface area (Å²) in [5.74, 6) is 0.0696. The molecule has 2 aromatic rings. The molecule has 1 N–H and O–H groups in total. The van der Waals surface area contributed by atoms with Crippen LogP contribution in [0.2, 0.25) is 0 Å². The Balaban J connectivity index is 1.84. The van der Waals surface area contributed by atoms with Crippen molar-refractivity contribution in [3.05, 3.63) is 65.2 Å². The molecule has 0 heterocycles. The highest BCUT2D eigenvalue weighted by atomic mass is 16.5. The molecule has 0 spiro atoms. The molecule has 0 radical (unpaired) electrons. The van der Waals surface area contributed by atoms with Crippen molar-refractivity contribution in [3.8, 4) is 5.75 Å². The Morgan fingerprint density at radius 1 is 0.962 bits per heavy atom. The third-order valence-electron chi connectivity index (χ3n) is 4.58. The molecule has 2 aromatic carbocycles. The van der Waals surface area contributed by atoms with Gasteiger partial charge in [-0.3, -0.25) is 4.79 Å². The van der Waals surface area contributed by atoms with Gasteiger partial charge in [-0.15, -0.1) is 0 Å². The van der Waals surface area contributed by atoms with Crippen LogP contribution in [-0.4, -0.2) is 17.7 Å². The maximum absolute atomic E-state index is 12.0. The van der Waals surface area contributed by atoms with Gasteiger partial charge in [0.1, 0.15) is 5.75 Å². The van der Waals surface area contributed by atoms with Crippen LogP contribution in [0.15, 0.2) is 48.5 Å². The van der Waals surface area contributed by atoms with E-state index in [1.165, 1.54) is 24.8 Å². The van der Waals surface area contributed by atoms with Crippen molar-refractivity contribution in [2.75, 3.05) is 6.61 Å². The van der Waals surface area contributed by atoms with E-state index in [1.807, 2.05) is 30.3 Å². The number of esters is 1. The number of phenols is 1. The second-order valence-electron chi connectivity index (χ2n) is 6.71. The van der Waals surface area contributed by atoms with E-state index in [0.29, 0.717) is 19.4 Å². The number of aromatic hydroxyl groups is 1. The van der Waals surface area contributed by atoms with Gasteiger partial charge in [-0.25, -0.2) is 0 Å². The molecule has 0 aliphatic rings. The quantitative estimate of drug-likeness (QED) is 0.432.